The van der Waals surface area contributed by atoms with Crippen LogP contribution in [0, 0.1) is 0 Å². The van der Waals surface area contributed by atoms with E-state index < -0.39 is 0 Å². The molecule has 1 aliphatic heterocycles. The van der Waals surface area contributed by atoms with E-state index in [1.54, 1.807) is 6.20 Å². The molecular formula is C22H31N5O. The minimum absolute atomic E-state index is 0.138. The van der Waals surface area contributed by atoms with Crippen molar-refractivity contribution in [1.82, 2.24) is 25.0 Å². The Labute approximate surface area is 167 Å². The molecule has 0 saturated carbocycles. The predicted molar refractivity (Wildman–Crippen MR) is 109 cm³/mol. The number of nitrogens with zero attached hydrogens (tertiary/aromatic N) is 4. The summed E-state index contributed by atoms with van der Waals surface area (Å²) in [5, 5.41) is 8.46. The van der Waals surface area contributed by atoms with Gasteiger partial charge in [0.25, 0.3) is 5.91 Å². The highest BCUT2D eigenvalue weighted by atomic mass is 16.2. The summed E-state index contributed by atoms with van der Waals surface area (Å²) >= 11 is 0. The number of fused-ring (bicyclic) bond motifs is 1. The standard InChI is InChI=1S/C22H31N5O/c1-2-11-27-20-9-8-18(24-16-17-7-6-10-23-15-17)14-19(20)21(25-27)22(28)26-12-4-3-5-13-26/h6-7,10,15,18,24H,2-5,8-9,11-14,16H2,1H3/t18-/m1/s1. The second kappa shape index (κ2) is 8.86. The second-order valence-corrected chi connectivity index (χ2v) is 8.03. The zero-order chi connectivity index (χ0) is 19.3. The van der Waals surface area contributed by atoms with Gasteiger partial charge in [-0.1, -0.05) is 13.0 Å². The van der Waals surface area contributed by atoms with E-state index in [1.165, 1.54) is 23.2 Å². The second-order valence-electron chi connectivity index (χ2n) is 8.03. The molecule has 2 aromatic heterocycles. The van der Waals surface area contributed by atoms with Crippen LogP contribution in [-0.2, 0) is 25.9 Å². The van der Waals surface area contributed by atoms with Crippen molar-refractivity contribution in [2.24, 2.45) is 0 Å². The highest BCUT2D eigenvalue weighted by Crippen LogP contribution is 2.27. The average Bonchev–Trinajstić information content (AvgIpc) is 3.11. The van der Waals surface area contributed by atoms with E-state index in [1.807, 2.05) is 17.2 Å². The molecule has 1 N–H and O–H groups in total. The number of amides is 1. The van der Waals surface area contributed by atoms with Crippen LogP contribution in [0.1, 0.15) is 66.3 Å². The first-order valence-corrected chi connectivity index (χ1v) is 10.8. The highest BCUT2D eigenvalue weighted by Gasteiger charge is 2.31. The van der Waals surface area contributed by atoms with Crippen LogP contribution in [0.25, 0.3) is 0 Å². The minimum atomic E-state index is 0.138. The monoisotopic (exact) mass is 381 g/mol. The van der Waals surface area contributed by atoms with Crippen molar-refractivity contribution in [3.8, 4) is 0 Å². The van der Waals surface area contributed by atoms with Crippen molar-refractivity contribution in [3.63, 3.8) is 0 Å². The van der Waals surface area contributed by atoms with Crippen LogP contribution in [0.5, 0.6) is 0 Å². The van der Waals surface area contributed by atoms with Crippen molar-refractivity contribution in [3.05, 3.63) is 47.0 Å². The van der Waals surface area contributed by atoms with Gasteiger partial charge < -0.3 is 10.2 Å². The van der Waals surface area contributed by atoms with Crippen LogP contribution >= 0.6 is 0 Å². The van der Waals surface area contributed by atoms with Crippen molar-refractivity contribution < 1.29 is 4.79 Å². The normalized spacial score (nSPS) is 19.5. The zero-order valence-corrected chi connectivity index (χ0v) is 16.9. The summed E-state index contributed by atoms with van der Waals surface area (Å²) in [6.45, 7) is 5.62. The molecule has 0 bridgehead atoms. The van der Waals surface area contributed by atoms with Gasteiger partial charge in [-0.2, -0.15) is 5.10 Å². The molecule has 6 nitrogen and oxygen atoms in total. The van der Waals surface area contributed by atoms with Gasteiger partial charge in [-0.15, -0.1) is 0 Å². The van der Waals surface area contributed by atoms with Gasteiger partial charge in [0.1, 0.15) is 0 Å². The molecule has 4 rings (SSSR count). The van der Waals surface area contributed by atoms with Crippen LogP contribution in [0.3, 0.4) is 0 Å². The van der Waals surface area contributed by atoms with Crippen molar-refractivity contribution in [1.29, 1.82) is 0 Å². The Morgan fingerprint density at radius 1 is 1.29 bits per heavy atom. The fourth-order valence-electron chi connectivity index (χ4n) is 4.44. The molecule has 1 saturated heterocycles. The first-order chi connectivity index (χ1) is 13.8. The Morgan fingerprint density at radius 2 is 2.14 bits per heavy atom. The lowest BCUT2D eigenvalue weighted by Crippen LogP contribution is -2.38. The largest absolute Gasteiger partial charge is 0.337 e. The maximum atomic E-state index is 13.2. The number of piperidine rings is 1. The summed E-state index contributed by atoms with van der Waals surface area (Å²) in [4.78, 5) is 19.4. The number of carbonyl (C=O) groups excluding carboxylic acids is 1. The molecule has 0 radical (unpaired) electrons. The van der Waals surface area contributed by atoms with Crippen molar-refractivity contribution >= 4 is 5.91 Å². The molecule has 6 heteroatoms. The lowest BCUT2D eigenvalue weighted by molar-refractivity contribution is 0.0716. The van der Waals surface area contributed by atoms with Gasteiger partial charge in [-0.3, -0.25) is 14.5 Å². The van der Waals surface area contributed by atoms with Gasteiger partial charge >= 0.3 is 0 Å². The van der Waals surface area contributed by atoms with Gasteiger partial charge in [-0.25, -0.2) is 0 Å². The van der Waals surface area contributed by atoms with Crippen LogP contribution in [-0.4, -0.2) is 44.7 Å². The molecule has 0 unspecified atom stereocenters. The number of aromatic nitrogens is 3. The topological polar surface area (TPSA) is 63.1 Å². The molecule has 2 aliphatic rings. The molecule has 28 heavy (non-hydrogen) atoms. The fraction of sp³-hybridized carbons (Fsp3) is 0.591. The summed E-state index contributed by atoms with van der Waals surface area (Å²) in [6, 6.07) is 4.44. The summed E-state index contributed by atoms with van der Waals surface area (Å²) in [7, 11) is 0. The van der Waals surface area contributed by atoms with Gasteiger partial charge in [0.2, 0.25) is 0 Å². The lowest BCUT2D eigenvalue weighted by atomic mass is 9.90. The average molecular weight is 382 g/mol. The quantitative estimate of drug-likeness (QED) is 0.836. The Bertz CT molecular complexity index is 795. The van der Waals surface area contributed by atoms with Gasteiger partial charge in [-0.05, 0) is 56.6 Å². The molecule has 1 amide bonds. The Morgan fingerprint density at radius 3 is 2.89 bits per heavy atom. The SMILES string of the molecule is CCCn1nc(C(=O)N2CCCCC2)c2c1CC[C@@H](NCc1cccnc1)C2. The molecule has 0 aromatic carbocycles. The Kier molecular flexibility index (Phi) is 6.05. The van der Waals surface area contributed by atoms with E-state index in [0.717, 1.165) is 64.7 Å². The molecular weight excluding hydrogens is 350 g/mol. The van der Waals surface area contributed by atoms with E-state index in [4.69, 9.17) is 5.10 Å². The first kappa shape index (κ1) is 19.1. The fourth-order valence-corrected chi connectivity index (χ4v) is 4.44. The molecule has 1 aliphatic carbocycles. The number of hydrogen-bond acceptors (Lipinski definition) is 4. The number of nitrogens with one attached hydrogen (secondary N) is 1. The first-order valence-electron chi connectivity index (χ1n) is 10.8. The molecule has 150 valence electrons. The number of rotatable bonds is 6. The van der Waals surface area contributed by atoms with E-state index >= 15 is 0 Å². The molecule has 1 atom stereocenters. The van der Waals surface area contributed by atoms with Crippen LogP contribution in [0.2, 0.25) is 0 Å². The molecule has 2 aromatic rings. The third-order valence-corrected chi connectivity index (χ3v) is 5.95. The number of hydrogen-bond donors (Lipinski definition) is 1. The third-order valence-electron chi connectivity index (χ3n) is 5.95. The number of carbonyl (C=O) groups is 1. The van der Waals surface area contributed by atoms with E-state index in [-0.39, 0.29) is 5.91 Å². The predicted octanol–water partition coefficient (Wildman–Crippen LogP) is 2.96. The van der Waals surface area contributed by atoms with Gasteiger partial charge in [0.05, 0.1) is 0 Å². The summed E-state index contributed by atoms with van der Waals surface area (Å²) in [5.41, 5.74) is 4.36. The third kappa shape index (κ3) is 4.12. The highest BCUT2D eigenvalue weighted by molar-refractivity contribution is 5.94. The lowest BCUT2D eigenvalue weighted by Gasteiger charge is -2.27. The minimum Gasteiger partial charge on any atom is -0.337 e. The maximum Gasteiger partial charge on any atom is 0.274 e. The van der Waals surface area contributed by atoms with Crippen LogP contribution in [0.4, 0.5) is 0 Å². The van der Waals surface area contributed by atoms with E-state index in [0.29, 0.717) is 11.7 Å². The van der Waals surface area contributed by atoms with Crippen LogP contribution < -0.4 is 5.32 Å². The van der Waals surface area contributed by atoms with Crippen LogP contribution in [0.15, 0.2) is 24.5 Å². The number of likely N-dealkylation sites (tertiary alicyclic amines) is 1. The van der Waals surface area contributed by atoms with Crippen molar-refractivity contribution in [2.45, 2.75) is 71.0 Å². The summed E-state index contributed by atoms with van der Waals surface area (Å²) in [5.74, 6) is 0.138. The molecule has 3 heterocycles. The Balaban J connectivity index is 1.51. The van der Waals surface area contributed by atoms with E-state index in [9.17, 15) is 4.79 Å². The van der Waals surface area contributed by atoms with Gasteiger partial charge in [0.15, 0.2) is 5.69 Å². The molecule has 1 fully saturated rings. The van der Waals surface area contributed by atoms with Crippen molar-refractivity contribution in [2.75, 3.05) is 13.1 Å². The van der Waals surface area contributed by atoms with E-state index in [2.05, 4.69) is 28.0 Å². The number of aryl methyl sites for hydroxylation is 1. The van der Waals surface area contributed by atoms with Gasteiger partial charge in [0, 0.05) is 55.9 Å². The Hall–Kier alpha value is -2.21. The summed E-state index contributed by atoms with van der Waals surface area (Å²) < 4.78 is 2.10. The number of pyridine rings is 1. The smallest absolute Gasteiger partial charge is 0.274 e. The molecule has 0 spiro atoms. The maximum absolute atomic E-state index is 13.2. The summed E-state index contributed by atoms with van der Waals surface area (Å²) in [6.07, 6.45) is 11.1. The zero-order valence-electron chi connectivity index (χ0n) is 16.9.